The van der Waals surface area contributed by atoms with Crippen LogP contribution in [0, 0.1) is 5.92 Å². The minimum atomic E-state index is 0.702. The van der Waals surface area contributed by atoms with E-state index in [1.807, 2.05) is 0 Å². The van der Waals surface area contributed by atoms with Gasteiger partial charge in [0, 0.05) is 13.6 Å². The Morgan fingerprint density at radius 1 is 1.54 bits per heavy atom. The fourth-order valence-corrected chi connectivity index (χ4v) is 2.09. The standard InChI is InChI=1S/C8H14BrN3S/c1-4-6(2)5-12(3)8-11-10-7(9)13-8/h6H,4-5H2,1-3H3. The smallest absolute Gasteiger partial charge is 0.208 e. The van der Waals surface area contributed by atoms with Gasteiger partial charge in [0.25, 0.3) is 0 Å². The van der Waals surface area contributed by atoms with E-state index < -0.39 is 0 Å². The summed E-state index contributed by atoms with van der Waals surface area (Å²) < 4.78 is 0.846. The van der Waals surface area contributed by atoms with Gasteiger partial charge in [0.05, 0.1) is 0 Å². The molecule has 5 heteroatoms. The molecular weight excluding hydrogens is 250 g/mol. The zero-order valence-electron chi connectivity index (χ0n) is 8.12. The molecule has 1 atom stereocenters. The topological polar surface area (TPSA) is 29.0 Å². The van der Waals surface area contributed by atoms with Gasteiger partial charge in [-0.2, -0.15) is 0 Å². The lowest BCUT2D eigenvalue weighted by molar-refractivity contribution is 0.559. The number of rotatable bonds is 4. The van der Waals surface area contributed by atoms with Crippen LogP contribution in [0.3, 0.4) is 0 Å². The van der Waals surface area contributed by atoms with Crippen molar-refractivity contribution in [3.63, 3.8) is 0 Å². The summed E-state index contributed by atoms with van der Waals surface area (Å²) in [6.07, 6.45) is 1.20. The van der Waals surface area contributed by atoms with Crippen LogP contribution in [0.5, 0.6) is 0 Å². The molecule has 0 saturated heterocycles. The Hall–Kier alpha value is -0.160. The van der Waals surface area contributed by atoms with E-state index in [9.17, 15) is 0 Å². The minimum Gasteiger partial charge on any atom is -0.349 e. The first-order valence-corrected chi connectivity index (χ1v) is 5.94. The lowest BCUT2D eigenvalue weighted by atomic mass is 10.1. The SMILES string of the molecule is CCC(C)CN(C)c1nnc(Br)s1. The van der Waals surface area contributed by atoms with E-state index in [-0.39, 0.29) is 0 Å². The first-order chi connectivity index (χ1) is 6.13. The van der Waals surface area contributed by atoms with Crippen molar-refractivity contribution < 1.29 is 0 Å². The Kier molecular flexibility index (Phi) is 4.12. The summed E-state index contributed by atoms with van der Waals surface area (Å²) in [6, 6.07) is 0. The molecule has 0 amide bonds. The van der Waals surface area contributed by atoms with Crippen molar-refractivity contribution >= 4 is 32.4 Å². The Bertz CT molecular complexity index is 264. The number of hydrogen-bond acceptors (Lipinski definition) is 4. The van der Waals surface area contributed by atoms with Gasteiger partial charge < -0.3 is 4.90 Å². The summed E-state index contributed by atoms with van der Waals surface area (Å²) in [6.45, 7) is 5.49. The van der Waals surface area contributed by atoms with Gasteiger partial charge in [0.15, 0.2) is 3.92 Å². The highest BCUT2D eigenvalue weighted by Gasteiger charge is 2.09. The first kappa shape index (κ1) is 10.9. The molecule has 0 aliphatic heterocycles. The number of hydrogen-bond donors (Lipinski definition) is 0. The molecule has 0 radical (unpaired) electrons. The molecule has 0 aromatic carbocycles. The molecule has 13 heavy (non-hydrogen) atoms. The van der Waals surface area contributed by atoms with E-state index in [0.717, 1.165) is 15.6 Å². The average Bonchev–Trinajstić information content (AvgIpc) is 2.51. The summed E-state index contributed by atoms with van der Waals surface area (Å²) in [5.41, 5.74) is 0. The van der Waals surface area contributed by atoms with Gasteiger partial charge in [-0.25, -0.2) is 0 Å². The van der Waals surface area contributed by atoms with Gasteiger partial charge in [-0.05, 0) is 21.8 Å². The third-order valence-electron chi connectivity index (χ3n) is 2.00. The van der Waals surface area contributed by atoms with Crippen molar-refractivity contribution in [1.29, 1.82) is 0 Å². The molecule has 1 aromatic rings. The molecule has 0 saturated carbocycles. The van der Waals surface area contributed by atoms with Gasteiger partial charge in [-0.1, -0.05) is 31.6 Å². The summed E-state index contributed by atoms with van der Waals surface area (Å²) in [5.74, 6) is 0.702. The molecule has 0 bridgehead atoms. The highest BCUT2D eigenvalue weighted by molar-refractivity contribution is 9.11. The number of anilines is 1. The van der Waals surface area contributed by atoms with Crippen LogP contribution in [-0.2, 0) is 0 Å². The van der Waals surface area contributed by atoms with Crippen LogP contribution in [0.15, 0.2) is 3.92 Å². The minimum absolute atomic E-state index is 0.702. The largest absolute Gasteiger partial charge is 0.349 e. The fourth-order valence-electron chi connectivity index (χ4n) is 1.03. The quantitative estimate of drug-likeness (QED) is 0.837. The number of halogens is 1. The lowest BCUT2D eigenvalue weighted by Gasteiger charge is -2.18. The summed E-state index contributed by atoms with van der Waals surface area (Å²) in [4.78, 5) is 2.15. The van der Waals surface area contributed by atoms with Crippen LogP contribution in [0.4, 0.5) is 5.13 Å². The van der Waals surface area contributed by atoms with Crippen molar-refractivity contribution in [2.45, 2.75) is 20.3 Å². The van der Waals surface area contributed by atoms with Crippen LogP contribution < -0.4 is 4.90 Å². The molecular formula is C8H14BrN3S. The van der Waals surface area contributed by atoms with E-state index in [1.54, 1.807) is 11.3 Å². The van der Waals surface area contributed by atoms with Crippen LogP contribution in [0.25, 0.3) is 0 Å². The molecule has 0 aliphatic rings. The molecule has 1 rings (SSSR count). The maximum atomic E-state index is 4.05. The van der Waals surface area contributed by atoms with E-state index in [0.29, 0.717) is 5.92 Å². The normalized spacial score (nSPS) is 12.9. The highest BCUT2D eigenvalue weighted by Crippen LogP contribution is 2.23. The van der Waals surface area contributed by atoms with Gasteiger partial charge in [0.1, 0.15) is 0 Å². The Morgan fingerprint density at radius 2 is 2.23 bits per heavy atom. The molecule has 0 fully saturated rings. The molecule has 0 N–H and O–H groups in total. The van der Waals surface area contributed by atoms with Crippen LogP contribution >= 0.6 is 27.3 Å². The van der Waals surface area contributed by atoms with Crippen LogP contribution in [0.2, 0.25) is 0 Å². The molecule has 3 nitrogen and oxygen atoms in total. The Labute approximate surface area is 91.3 Å². The summed E-state index contributed by atoms with van der Waals surface area (Å²) >= 11 is 4.87. The predicted molar refractivity (Wildman–Crippen MR) is 60.3 cm³/mol. The summed E-state index contributed by atoms with van der Waals surface area (Å²) in [5, 5.41) is 8.94. The maximum absolute atomic E-state index is 4.05. The monoisotopic (exact) mass is 263 g/mol. The van der Waals surface area contributed by atoms with Crippen molar-refractivity contribution in [2.75, 3.05) is 18.5 Å². The van der Waals surface area contributed by atoms with Crippen molar-refractivity contribution in [3.8, 4) is 0 Å². The fraction of sp³-hybridized carbons (Fsp3) is 0.750. The Balaban J connectivity index is 2.53. The third-order valence-corrected chi connectivity index (χ3v) is 3.47. The van der Waals surface area contributed by atoms with Gasteiger partial charge in [-0.3, -0.25) is 0 Å². The maximum Gasteiger partial charge on any atom is 0.208 e. The number of nitrogens with zero attached hydrogens (tertiary/aromatic N) is 3. The lowest BCUT2D eigenvalue weighted by Crippen LogP contribution is -2.23. The third kappa shape index (κ3) is 3.23. The second-order valence-corrected chi connectivity index (χ2v) is 5.46. The van der Waals surface area contributed by atoms with Crippen LogP contribution in [-0.4, -0.2) is 23.8 Å². The van der Waals surface area contributed by atoms with Gasteiger partial charge >= 0.3 is 0 Å². The molecule has 0 aliphatic carbocycles. The zero-order chi connectivity index (χ0) is 9.84. The number of aromatic nitrogens is 2. The van der Waals surface area contributed by atoms with Gasteiger partial charge in [-0.15, -0.1) is 10.2 Å². The average molecular weight is 264 g/mol. The Morgan fingerprint density at radius 3 is 2.69 bits per heavy atom. The molecule has 1 unspecified atom stereocenters. The second kappa shape index (κ2) is 4.91. The van der Waals surface area contributed by atoms with E-state index in [1.165, 1.54) is 6.42 Å². The van der Waals surface area contributed by atoms with E-state index >= 15 is 0 Å². The van der Waals surface area contributed by atoms with Crippen LogP contribution in [0.1, 0.15) is 20.3 Å². The molecule has 0 spiro atoms. The van der Waals surface area contributed by atoms with Crippen molar-refractivity contribution in [3.05, 3.63) is 3.92 Å². The van der Waals surface area contributed by atoms with E-state index in [2.05, 4.69) is 51.9 Å². The first-order valence-electron chi connectivity index (χ1n) is 4.33. The molecule has 74 valence electrons. The van der Waals surface area contributed by atoms with Crippen molar-refractivity contribution in [2.24, 2.45) is 5.92 Å². The van der Waals surface area contributed by atoms with Gasteiger partial charge in [0.2, 0.25) is 5.13 Å². The molecule has 1 heterocycles. The van der Waals surface area contributed by atoms with E-state index in [4.69, 9.17) is 0 Å². The predicted octanol–water partition coefficient (Wildman–Crippen LogP) is 2.78. The second-order valence-electron chi connectivity index (χ2n) is 3.23. The van der Waals surface area contributed by atoms with Crippen molar-refractivity contribution in [1.82, 2.24) is 10.2 Å². The summed E-state index contributed by atoms with van der Waals surface area (Å²) in [7, 11) is 2.05. The molecule has 1 aromatic heterocycles. The highest BCUT2D eigenvalue weighted by atomic mass is 79.9. The zero-order valence-corrected chi connectivity index (χ0v) is 10.5.